The number of carboxylic acids is 1. The van der Waals surface area contributed by atoms with E-state index in [0.29, 0.717) is 16.8 Å². The molecule has 2 N–H and O–H groups in total. The van der Waals surface area contributed by atoms with Crippen LogP contribution in [-0.4, -0.2) is 47.5 Å². The molecule has 5 rings (SSSR count). The summed E-state index contributed by atoms with van der Waals surface area (Å²) >= 11 is 0. The van der Waals surface area contributed by atoms with Gasteiger partial charge < -0.3 is 19.9 Å². The molecule has 5 aromatic rings. The molecular weight excluding hydrogens is 537 g/mol. The van der Waals surface area contributed by atoms with Gasteiger partial charge in [0.05, 0.1) is 38.1 Å². The van der Waals surface area contributed by atoms with Crippen molar-refractivity contribution in [3.05, 3.63) is 102 Å². The van der Waals surface area contributed by atoms with E-state index >= 15 is 0 Å². The fourth-order valence-corrected chi connectivity index (χ4v) is 4.82. The molecular formula is C33H30FN3O5. The van der Waals surface area contributed by atoms with Gasteiger partial charge in [-0.25, -0.2) is 4.39 Å². The van der Waals surface area contributed by atoms with E-state index in [1.54, 1.807) is 31.4 Å². The van der Waals surface area contributed by atoms with Gasteiger partial charge in [-0.1, -0.05) is 30.3 Å². The standard InChI is InChI=1S/C33H30FN3O5/c1-20(21-4-6-22(7-5-21)33(40)35-15-14-32(38)39)37-30(19-29(36-37)25-11-13-31(42-3)28(34)18-25)26-9-8-24-17-27(41-2)12-10-23(24)16-26/h4-13,16-20H,14-15H2,1-3H3,(H,35,40)(H,38,39). The average molecular weight is 568 g/mol. The van der Waals surface area contributed by atoms with Crippen molar-refractivity contribution in [3.8, 4) is 34.0 Å². The van der Waals surface area contributed by atoms with Crippen LogP contribution in [0, 0.1) is 5.82 Å². The van der Waals surface area contributed by atoms with Crippen LogP contribution >= 0.6 is 0 Å². The molecule has 0 aliphatic heterocycles. The lowest BCUT2D eigenvalue weighted by molar-refractivity contribution is -0.136. The number of nitrogens with one attached hydrogen (secondary N) is 1. The van der Waals surface area contributed by atoms with Gasteiger partial charge in [-0.15, -0.1) is 0 Å². The number of benzene rings is 4. The maximum Gasteiger partial charge on any atom is 0.305 e. The van der Waals surface area contributed by atoms with Crippen LogP contribution in [0.15, 0.2) is 84.9 Å². The van der Waals surface area contributed by atoms with Crippen molar-refractivity contribution in [1.82, 2.24) is 15.1 Å². The third-order valence-corrected chi connectivity index (χ3v) is 7.17. The molecule has 1 aromatic heterocycles. The number of aliphatic carboxylic acids is 1. The number of carboxylic acid groups (broad SMARTS) is 1. The minimum atomic E-state index is -0.975. The van der Waals surface area contributed by atoms with Gasteiger partial charge in [0.15, 0.2) is 11.6 Å². The number of hydrogen-bond acceptors (Lipinski definition) is 5. The minimum Gasteiger partial charge on any atom is -0.497 e. The molecule has 42 heavy (non-hydrogen) atoms. The lowest BCUT2D eigenvalue weighted by Gasteiger charge is -2.17. The van der Waals surface area contributed by atoms with Gasteiger partial charge in [-0.05, 0) is 77.9 Å². The SMILES string of the molecule is COc1ccc2cc(-c3cc(-c4ccc(OC)c(F)c4)nn3C(C)c3ccc(C(=O)NCCC(=O)O)cc3)ccc2c1. The highest BCUT2D eigenvalue weighted by Gasteiger charge is 2.19. The van der Waals surface area contributed by atoms with Gasteiger partial charge in [0.25, 0.3) is 5.91 Å². The lowest BCUT2D eigenvalue weighted by Crippen LogP contribution is -2.26. The largest absolute Gasteiger partial charge is 0.497 e. The Morgan fingerprint density at radius 3 is 2.31 bits per heavy atom. The van der Waals surface area contributed by atoms with Crippen molar-refractivity contribution in [2.75, 3.05) is 20.8 Å². The van der Waals surface area contributed by atoms with Gasteiger partial charge in [0.2, 0.25) is 0 Å². The fourth-order valence-electron chi connectivity index (χ4n) is 4.82. The van der Waals surface area contributed by atoms with Crippen LogP contribution in [0.3, 0.4) is 0 Å². The van der Waals surface area contributed by atoms with E-state index in [0.717, 1.165) is 33.3 Å². The van der Waals surface area contributed by atoms with Crippen molar-refractivity contribution in [3.63, 3.8) is 0 Å². The molecule has 1 heterocycles. The molecule has 0 spiro atoms. The number of rotatable bonds is 10. The molecule has 8 nitrogen and oxygen atoms in total. The van der Waals surface area contributed by atoms with E-state index in [4.69, 9.17) is 19.7 Å². The zero-order valence-electron chi connectivity index (χ0n) is 23.4. The molecule has 1 unspecified atom stereocenters. The van der Waals surface area contributed by atoms with Crippen molar-refractivity contribution >= 4 is 22.6 Å². The summed E-state index contributed by atoms with van der Waals surface area (Å²) in [6.45, 7) is 2.05. The Bertz CT molecular complexity index is 1760. The van der Waals surface area contributed by atoms with Crippen molar-refractivity contribution in [2.45, 2.75) is 19.4 Å². The molecule has 1 atom stereocenters. The third kappa shape index (κ3) is 5.95. The fraction of sp³-hybridized carbons (Fsp3) is 0.182. The molecule has 0 aliphatic rings. The molecule has 1 amide bonds. The maximum absolute atomic E-state index is 14.6. The number of ether oxygens (including phenoxy) is 2. The molecule has 0 bridgehead atoms. The Morgan fingerprint density at radius 1 is 0.905 bits per heavy atom. The first-order valence-corrected chi connectivity index (χ1v) is 13.4. The number of carbonyl (C=O) groups is 2. The summed E-state index contributed by atoms with van der Waals surface area (Å²) in [5.74, 6) is -0.860. The highest BCUT2D eigenvalue weighted by molar-refractivity contribution is 5.94. The van der Waals surface area contributed by atoms with E-state index < -0.39 is 11.8 Å². The van der Waals surface area contributed by atoms with Gasteiger partial charge >= 0.3 is 5.97 Å². The van der Waals surface area contributed by atoms with Crippen LogP contribution in [0.1, 0.15) is 35.3 Å². The average Bonchev–Trinajstić information content (AvgIpc) is 3.45. The Morgan fingerprint density at radius 2 is 1.62 bits per heavy atom. The van der Waals surface area contributed by atoms with E-state index in [-0.39, 0.29) is 30.7 Å². The second-order valence-corrected chi connectivity index (χ2v) is 9.83. The Hall–Kier alpha value is -5.18. The first-order valence-electron chi connectivity index (χ1n) is 13.4. The first-order chi connectivity index (χ1) is 20.3. The predicted octanol–water partition coefficient (Wildman–Crippen LogP) is 6.34. The number of aromatic nitrogens is 2. The highest BCUT2D eigenvalue weighted by Crippen LogP contribution is 2.34. The van der Waals surface area contributed by atoms with Crippen molar-refractivity contribution < 1.29 is 28.6 Å². The highest BCUT2D eigenvalue weighted by atomic mass is 19.1. The topological polar surface area (TPSA) is 103 Å². The Kier molecular flexibility index (Phi) is 8.19. The number of methoxy groups -OCH3 is 2. The Balaban J connectivity index is 1.52. The van der Waals surface area contributed by atoms with Crippen LogP contribution in [-0.2, 0) is 4.79 Å². The minimum absolute atomic E-state index is 0.0518. The quantitative estimate of drug-likeness (QED) is 0.204. The van der Waals surface area contributed by atoms with Gasteiger partial charge in [-0.3, -0.25) is 14.3 Å². The number of carbonyl (C=O) groups excluding carboxylic acids is 1. The molecule has 4 aromatic carbocycles. The molecule has 214 valence electrons. The third-order valence-electron chi connectivity index (χ3n) is 7.17. The smallest absolute Gasteiger partial charge is 0.305 e. The van der Waals surface area contributed by atoms with E-state index in [2.05, 4.69) is 11.4 Å². The summed E-state index contributed by atoms with van der Waals surface area (Å²) in [6, 6.07) is 25.6. The second kappa shape index (κ2) is 12.1. The van der Waals surface area contributed by atoms with Crippen LogP contribution in [0.5, 0.6) is 11.5 Å². The van der Waals surface area contributed by atoms with E-state index in [1.165, 1.54) is 13.2 Å². The number of amides is 1. The molecule has 0 fully saturated rings. The maximum atomic E-state index is 14.6. The summed E-state index contributed by atoms with van der Waals surface area (Å²) < 4.78 is 27.0. The second-order valence-electron chi connectivity index (χ2n) is 9.83. The number of halogens is 1. The number of nitrogens with zero attached hydrogens (tertiary/aromatic N) is 2. The van der Waals surface area contributed by atoms with Crippen LogP contribution < -0.4 is 14.8 Å². The van der Waals surface area contributed by atoms with E-state index in [1.807, 2.05) is 60.1 Å². The normalized spacial score (nSPS) is 11.7. The molecule has 0 aliphatic carbocycles. The van der Waals surface area contributed by atoms with Crippen molar-refractivity contribution in [1.29, 1.82) is 0 Å². The molecule has 0 saturated carbocycles. The van der Waals surface area contributed by atoms with Gasteiger partial charge in [-0.2, -0.15) is 5.10 Å². The summed E-state index contributed by atoms with van der Waals surface area (Å²) in [5, 5.41) is 18.4. The summed E-state index contributed by atoms with van der Waals surface area (Å²) in [6.07, 6.45) is -0.147. The summed E-state index contributed by atoms with van der Waals surface area (Å²) in [4.78, 5) is 23.2. The van der Waals surface area contributed by atoms with Crippen LogP contribution in [0.4, 0.5) is 4.39 Å². The van der Waals surface area contributed by atoms with Crippen LogP contribution in [0.2, 0.25) is 0 Å². The predicted molar refractivity (Wildman–Crippen MR) is 159 cm³/mol. The van der Waals surface area contributed by atoms with Gasteiger partial charge in [0, 0.05) is 23.2 Å². The van der Waals surface area contributed by atoms with Gasteiger partial charge in [0.1, 0.15) is 5.75 Å². The van der Waals surface area contributed by atoms with Crippen molar-refractivity contribution in [2.24, 2.45) is 0 Å². The summed E-state index contributed by atoms with van der Waals surface area (Å²) in [7, 11) is 3.06. The van der Waals surface area contributed by atoms with Crippen LogP contribution in [0.25, 0.3) is 33.3 Å². The monoisotopic (exact) mass is 567 g/mol. The summed E-state index contributed by atoms with van der Waals surface area (Å²) in [5.41, 5.74) is 4.31. The lowest BCUT2D eigenvalue weighted by atomic mass is 10.0. The molecule has 0 saturated heterocycles. The zero-order chi connectivity index (χ0) is 29.8. The van der Waals surface area contributed by atoms with E-state index in [9.17, 15) is 14.0 Å². The molecule has 9 heteroatoms. The first kappa shape index (κ1) is 28.4. The zero-order valence-corrected chi connectivity index (χ0v) is 23.4. The molecule has 0 radical (unpaired) electrons. The number of fused-ring (bicyclic) bond motifs is 1. The Labute approximate surface area is 242 Å². The number of hydrogen-bond donors (Lipinski definition) is 2.